The van der Waals surface area contributed by atoms with Crippen molar-refractivity contribution in [2.75, 3.05) is 23.3 Å². The Kier molecular flexibility index (Phi) is 5.88. The molecule has 1 N–H and O–H groups in total. The summed E-state index contributed by atoms with van der Waals surface area (Å²) in [5.41, 5.74) is 1.42. The third kappa shape index (κ3) is 4.11. The lowest BCUT2D eigenvalue weighted by atomic mass is 10.2. The second kappa shape index (κ2) is 8.51. The van der Waals surface area contributed by atoms with Gasteiger partial charge in [0.2, 0.25) is 5.91 Å². The molecule has 0 aliphatic heterocycles. The standard InChI is InChI=1S/C20H24N6O2/c1-4-24(5-2)17-9-7-16(8-10-17)22-20(28)15(3)26-19(27)12-11-18(23-26)25-14-6-13-21-25/h6-15H,4-5H2,1-3H3,(H,22,28). The number of nitrogens with one attached hydrogen (secondary N) is 1. The zero-order valence-electron chi connectivity index (χ0n) is 16.2. The third-order valence-corrected chi connectivity index (χ3v) is 4.56. The molecule has 1 amide bonds. The molecule has 2 heterocycles. The molecule has 1 unspecified atom stereocenters. The summed E-state index contributed by atoms with van der Waals surface area (Å²) in [6, 6.07) is 11.6. The van der Waals surface area contributed by atoms with E-state index < -0.39 is 6.04 Å². The van der Waals surface area contributed by atoms with Crippen molar-refractivity contribution in [1.82, 2.24) is 19.6 Å². The first-order valence-electron chi connectivity index (χ1n) is 9.29. The summed E-state index contributed by atoms with van der Waals surface area (Å²) in [6.07, 6.45) is 3.34. The Morgan fingerprint density at radius 1 is 1.14 bits per heavy atom. The lowest BCUT2D eigenvalue weighted by molar-refractivity contribution is -0.119. The maximum atomic E-state index is 12.7. The number of hydrogen-bond donors (Lipinski definition) is 1. The second-order valence-electron chi connectivity index (χ2n) is 6.31. The average molecular weight is 380 g/mol. The Hall–Kier alpha value is -3.42. The second-order valence-corrected chi connectivity index (χ2v) is 6.31. The number of benzene rings is 1. The molecule has 28 heavy (non-hydrogen) atoms. The van der Waals surface area contributed by atoms with E-state index in [-0.39, 0.29) is 11.5 Å². The van der Waals surface area contributed by atoms with E-state index in [2.05, 4.69) is 34.3 Å². The maximum Gasteiger partial charge on any atom is 0.267 e. The first-order chi connectivity index (χ1) is 13.5. The van der Waals surface area contributed by atoms with E-state index in [4.69, 9.17) is 0 Å². The maximum absolute atomic E-state index is 12.7. The monoisotopic (exact) mass is 380 g/mol. The molecular formula is C20H24N6O2. The topological polar surface area (TPSA) is 85.1 Å². The fourth-order valence-electron chi connectivity index (χ4n) is 2.92. The van der Waals surface area contributed by atoms with Crippen LogP contribution in [0.5, 0.6) is 0 Å². The van der Waals surface area contributed by atoms with Crippen LogP contribution in [-0.2, 0) is 4.79 Å². The van der Waals surface area contributed by atoms with Gasteiger partial charge in [-0.2, -0.15) is 5.10 Å². The molecule has 0 aliphatic rings. The number of hydrogen-bond acceptors (Lipinski definition) is 5. The molecule has 0 fully saturated rings. The lowest BCUT2D eigenvalue weighted by Crippen LogP contribution is -2.33. The van der Waals surface area contributed by atoms with Crippen molar-refractivity contribution in [3.05, 3.63) is 65.2 Å². The van der Waals surface area contributed by atoms with E-state index in [1.54, 1.807) is 31.5 Å². The molecule has 8 nitrogen and oxygen atoms in total. The highest BCUT2D eigenvalue weighted by Gasteiger charge is 2.18. The predicted octanol–water partition coefficient (Wildman–Crippen LogP) is 2.47. The zero-order chi connectivity index (χ0) is 20.1. The van der Waals surface area contributed by atoms with Crippen molar-refractivity contribution < 1.29 is 4.79 Å². The van der Waals surface area contributed by atoms with E-state index in [0.29, 0.717) is 11.5 Å². The van der Waals surface area contributed by atoms with Crippen LogP contribution >= 0.6 is 0 Å². The molecule has 8 heteroatoms. The molecule has 0 radical (unpaired) electrons. The Morgan fingerprint density at radius 3 is 2.46 bits per heavy atom. The van der Waals surface area contributed by atoms with Crippen LogP contribution in [0.3, 0.4) is 0 Å². The average Bonchev–Trinajstić information content (AvgIpc) is 3.25. The molecular weight excluding hydrogens is 356 g/mol. The van der Waals surface area contributed by atoms with Crippen LogP contribution in [0.4, 0.5) is 11.4 Å². The van der Waals surface area contributed by atoms with Gasteiger partial charge in [-0.05, 0) is 57.2 Å². The van der Waals surface area contributed by atoms with Gasteiger partial charge in [0.05, 0.1) is 0 Å². The molecule has 146 valence electrons. The molecule has 1 atom stereocenters. The van der Waals surface area contributed by atoms with Crippen molar-refractivity contribution in [2.45, 2.75) is 26.8 Å². The predicted molar refractivity (Wildman–Crippen MR) is 109 cm³/mol. The van der Waals surface area contributed by atoms with Crippen LogP contribution in [0, 0.1) is 0 Å². The number of anilines is 2. The lowest BCUT2D eigenvalue weighted by Gasteiger charge is -2.21. The quantitative estimate of drug-likeness (QED) is 0.681. The molecule has 0 aliphatic carbocycles. The highest BCUT2D eigenvalue weighted by molar-refractivity contribution is 5.93. The van der Waals surface area contributed by atoms with Gasteiger partial charge in [0, 0.05) is 42.9 Å². The normalized spacial score (nSPS) is 11.8. The van der Waals surface area contributed by atoms with Gasteiger partial charge in [-0.1, -0.05) is 0 Å². The highest BCUT2D eigenvalue weighted by atomic mass is 16.2. The summed E-state index contributed by atoms with van der Waals surface area (Å²) < 4.78 is 2.70. The van der Waals surface area contributed by atoms with Crippen molar-refractivity contribution in [3.8, 4) is 5.82 Å². The minimum Gasteiger partial charge on any atom is -0.372 e. The number of nitrogens with zero attached hydrogens (tertiary/aromatic N) is 5. The van der Waals surface area contributed by atoms with Crippen LogP contribution in [0.1, 0.15) is 26.8 Å². The summed E-state index contributed by atoms with van der Waals surface area (Å²) in [6.45, 7) is 7.67. The van der Waals surface area contributed by atoms with Gasteiger partial charge >= 0.3 is 0 Å². The van der Waals surface area contributed by atoms with Crippen LogP contribution < -0.4 is 15.8 Å². The van der Waals surface area contributed by atoms with Gasteiger partial charge in [0.25, 0.3) is 5.56 Å². The molecule has 3 aromatic rings. The van der Waals surface area contributed by atoms with Crippen LogP contribution in [0.2, 0.25) is 0 Å². The van der Waals surface area contributed by atoms with E-state index in [1.165, 1.54) is 10.7 Å². The van der Waals surface area contributed by atoms with Gasteiger partial charge < -0.3 is 10.2 Å². The summed E-state index contributed by atoms with van der Waals surface area (Å²) in [5, 5.41) is 11.2. The summed E-state index contributed by atoms with van der Waals surface area (Å²) in [7, 11) is 0. The largest absolute Gasteiger partial charge is 0.372 e. The Labute approximate surface area is 163 Å². The van der Waals surface area contributed by atoms with Crippen LogP contribution in [-0.4, -0.2) is 38.6 Å². The number of aromatic nitrogens is 4. The molecule has 3 rings (SSSR count). The van der Waals surface area contributed by atoms with Gasteiger partial charge in [-0.25, -0.2) is 9.36 Å². The number of rotatable bonds is 7. The summed E-state index contributed by atoms with van der Waals surface area (Å²) >= 11 is 0. The van der Waals surface area contributed by atoms with E-state index in [0.717, 1.165) is 23.5 Å². The van der Waals surface area contributed by atoms with Gasteiger partial charge in [0.15, 0.2) is 5.82 Å². The van der Waals surface area contributed by atoms with Crippen LogP contribution in [0.15, 0.2) is 59.7 Å². The van der Waals surface area contributed by atoms with Crippen molar-refractivity contribution >= 4 is 17.3 Å². The SMILES string of the molecule is CCN(CC)c1ccc(NC(=O)C(C)n2nc(-n3cccn3)ccc2=O)cc1. The molecule has 2 aromatic heterocycles. The summed E-state index contributed by atoms with van der Waals surface area (Å²) in [5.74, 6) is 0.149. The van der Waals surface area contributed by atoms with E-state index in [9.17, 15) is 9.59 Å². The number of carbonyl (C=O) groups is 1. The highest BCUT2D eigenvalue weighted by Crippen LogP contribution is 2.18. The summed E-state index contributed by atoms with van der Waals surface area (Å²) in [4.78, 5) is 27.1. The smallest absolute Gasteiger partial charge is 0.267 e. The Morgan fingerprint density at radius 2 is 1.86 bits per heavy atom. The van der Waals surface area contributed by atoms with Crippen molar-refractivity contribution in [3.63, 3.8) is 0 Å². The van der Waals surface area contributed by atoms with E-state index in [1.807, 2.05) is 24.3 Å². The third-order valence-electron chi connectivity index (χ3n) is 4.56. The minimum absolute atomic E-state index is 0.317. The van der Waals surface area contributed by atoms with Gasteiger partial charge in [-0.15, -0.1) is 5.10 Å². The Balaban J connectivity index is 1.76. The Bertz CT molecular complexity index is 975. The van der Waals surface area contributed by atoms with Crippen LogP contribution in [0.25, 0.3) is 5.82 Å². The first-order valence-corrected chi connectivity index (χ1v) is 9.29. The number of carbonyl (C=O) groups excluding carboxylic acids is 1. The van der Waals surface area contributed by atoms with E-state index >= 15 is 0 Å². The fraction of sp³-hybridized carbons (Fsp3) is 0.300. The molecule has 0 saturated carbocycles. The fourth-order valence-corrected chi connectivity index (χ4v) is 2.92. The number of amides is 1. The zero-order valence-corrected chi connectivity index (χ0v) is 16.2. The van der Waals surface area contributed by atoms with Crippen molar-refractivity contribution in [2.24, 2.45) is 0 Å². The minimum atomic E-state index is -0.773. The molecule has 0 spiro atoms. The van der Waals surface area contributed by atoms with Gasteiger partial charge in [-0.3, -0.25) is 9.59 Å². The van der Waals surface area contributed by atoms with Gasteiger partial charge in [0.1, 0.15) is 6.04 Å². The molecule has 0 saturated heterocycles. The molecule has 0 bridgehead atoms. The molecule has 1 aromatic carbocycles. The van der Waals surface area contributed by atoms with Crippen molar-refractivity contribution in [1.29, 1.82) is 0 Å². The first kappa shape index (κ1) is 19.3.